The molecular weight excluding hydrogens is 341 g/mol. The van der Waals surface area contributed by atoms with E-state index >= 15 is 0 Å². The summed E-state index contributed by atoms with van der Waals surface area (Å²) < 4.78 is 0. The van der Waals surface area contributed by atoms with E-state index in [1.54, 1.807) is 23.1 Å². The zero-order valence-electron chi connectivity index (χ0n) is 12.2. The van der Waals surface area contributed by atoms with E-state index < -0.39 is 0 Å². The summed E-state index contributed by atoms with van der Waals surface area (Å²) in [4.78, 5) is 38.2. The molecule has 0 saturated carbocycles. The van der Waals surface area contributed by atoms with Crippen molar-refractivity contribution in [3.63, 3.8) is 0 Å². The lowest BCUT2D eigenvalue weighted by atomic mass is 10.0. The molecule has 2 saturated heterocycles. The van der Waals surface area contributed by atoms with Crippen molar-refractivity contribution in [2.75, 3.05) is 19.6 Å². The van der Waals surface area contributed by atoms with Crippen molar-refractivity contribution in [3.05, 3.63) is 33.8 Å². The maximum atomic E-state index is 12.2. The van der Waals surface area contributed by atoms with Gasteiger partial charge in [0.05, 0.1) is 12.6 Å². The van der Waals surface area contributed by atoms with Crippen LogP contribution in [0.25, 0.3) is 0 Å². The maximum Gasteiger partial charge on any atom is 0.324 e. The zero-order chi connectivity index (χ0) is 16.6. The summed E-state index contributed by atoms with van der Waals surface area (Å²) in [6.45, 7) is 0.802. The smallest absolute Gasteiger partial charge is 0.324 e. The van der Waals surface area contributed by atoms with Gasteiger partial charge in [0.15, 0.2) is 0 Å². The molecule has 0 spiro atoms. The Morgan fingerprint density at radius 1 is 1.22 bits per heavy atom. The first kappa shape index (κ1) is 16.1. The molecule has 2 aliphatic rings. The molecule has 2 heterocycles. The highest BCUT2D eigenvalue weighted by Gasteiger charge is 2.42. The predicted octanol–water partition coefficient (Wildman–Crippen LogP) is 1.69. The second-order valence-electron chi connectivity index (χ2n) is 5.58. The van der Waals surface area contributed by atoms with E-state index in [0.29, 0.717) is 29.6 Å². The van der Waals surface area contributed by atoms with Crippen LogP contribution in [-0.2, 0) is 16.0 Å². The number of benzene rings is 1. The number of carbonyl (C=O) groups excluding carboxylic acids is 3. The molecule has 3 rings (SSSR count). The van der Waals surface area contributed by atoms with Gasteiger partial charge in [-0.2, -0.15) is 0 Å². The average molecular weight is 356 g/mol. The highest BCUT2D eigenvalue weighted by Crippen LogP contribution is 2.26. The van der Waals surface area contributed by atoms with Crippen LogP contribution in [0.3, 0.4) is 0 Å². The van der Waals surface area contributed by atoms with Gasteiger partial charge in [0, 0.05) is 29.6 Å². The van der Waals surface area contributed by atoms with Gasteiger partial charge in [-0.05, 0) is 24.1 Å². The number of nitrogens with one attached hydrogen (secondary N) is 1. The van der Waals surface area contributed by atoms with Gasteiger partial charge in [-0.25, -0.2) is 4.79 Å². The van der Waals surface area contributed by atoms with Gasteiger partial charge in [-0.3, -0.25) is 14.5 Å². The van der Waals surface area contributed by atoms with Crippen LogP contribution in [0.2, 0.25) is 10.0 Å². The topological polar surface area (TPSA) is 69.7 Å². The molecule has 0 aliphatic carbocycles. The van der Waals surface area contributed by atoms with Crippen LogP contribution in [-0.4, -0.2) is 53.3 Å². The average Bonchev–Trinajstić information content (AvgIpc) is 2.77. The second-order valence-corrected chi connectivity index (χ2v) is 6.39. The van der Waals surface area contributed by atoms with E-state index in [4.69, 9.17) is 23.2 Å². The van der Waals surface area contributed by atoms with Crippen LogP contribution in [0.15, 0.2) is 18.2 Å². The fraction of sp³-hybridized carbons (Fsp3) is 0.400. The Morgan fingerprint density at radius 2 is 1.87 bits per heavy atom. The SMILES string of the molecule is O=C(CCc1c(Cl)cccc1Cl)N1CC(N2C(=O)CNC2=O)C1. The van der Waals surface area contributed by atoms with Crippen molar-refractivity contribution in [1.29, 1.82) is 0 Å². The number of hydrogen-bond acceptors (Lipinski definition) is 3. The Morgan fingerprint density at radius 3 is 2.43 bits per heavy atom. The summed E-state index contributed by atoms with van der Waals surface area (Å²) in [7, 11) is 0. The number of amides is 4. The molecular formula is C15H15Cl2N3O3. The largest absolute Gasteiger partial charge is 0.338 e. The first-order valence-electron chi connectivity index (χ1n) is 7.28. The normalized spacial score (nSPS) is 18.2. The summed E-state index contributed by atoms with van der Waals surface area (Å²) in [5.74, 6) is -0.278. The Balaban J connectivity index is 1.51. The summed E-state index contributed by atoms with van der Waals surface area (Å²) in [6.07, 6.45) is 0.748. The summed E-state index contributed by atoms with van der Waals surface area (Å²) in [5.41, 5.74) is 0.760. The first-order chi connectivity index (χ1) is 11.0. The molecule has 0 bridgehead atoms. The molecule has 0 atom stereocenters. The molecule has 0 unspecified atom stereocenters. The van der Waals surface area contributed by atoms with Crippen LogP contribution in [0, 0.1) is 0 Å². The quantitative estimate of drug-likeness (QED) is 0.835. The fourth-order valence-corrected chi connectivity index (χ4v) is 3.37. The number of nitrogens with zero attached hydrogens (tertiary/aromatic N) is 2. The fourth-order valence-electron chi connectivity index (χ4n) is 2.79. The van der Waals surface area contributed by atoms with Crippen molar-refractivity contribution in [3.8, 4) is 0 Å². The molecule has 8 heteroatoms. The highest BCUT2D eigenvalue weighted by molar-refractivity contribution is 6.36. The van der Waals surface area contributed by atoms with Crippen LogP contribution >= 0.6 is 23.2 Å². The molecule has 23 heavy (non-hydrogen) atoms. The van der Waals surface area contributed by atoms with Crippen molar-refractivity contribution in [2.24, 2.45) is 0 Å². The number of likely N-dealkylation sites (tertiary alicyclic amines) is 1. The van der Waals surface area contributed by atoms with E-state index in [-0.39, 0.29) is 36.9 Å². The van der Waals surface area contributed by atoms with Gasteiger partial charge >= 0.3 is 6.03 Å². The Bertz CT molecular complexity index is 638. The lowest BCUT2D eigenvalue weighted by Gasteiger charge is -2.42. The number of rotatable bonds is 4. The third kappa shape index (κ3) is 3.14. The molecule has 6 nitrogen and oxygen atoms in total. The van der Waals surface area contributed by atoms with E-state index in [0.717, 1.165) is 5.56 Å². The van der Waals surface area contributed by atoms with E-state index in [9.17, 15) is 14.4 Å². The van der Waals surface area contributed by atoms with E-state index in [2.05, 4.69) is 5.32 Å². The standard InChI is InChI=1S/C15H15Cl2N3O3/c16-11-2-1-3-12(17)10(11)4-5-13(21)19-7-9(8-19)20-14(22)6-18-15(20)23/h1-3,9H,4-8H2,(H,18,23). The van der Waals surface area contributed by atoms with Crippen molar-refractivity contribution >= 4 is 41.0 Å². The third-order valence-corrected chi connectivity index (χ3v) is 4.82. The van der Waals surface area contributed by atoms with Crippen LogP contribution in [0.4, 0.5) is 4.79 Å². The Labute approximate surface area is 143 Å². The zero-order valence-corrected chi connectivity index (χ0v) is 13.7. The third-order valence-electron chi connectivity index (χ3n) is 4.11. The molecule has 0 radical (unpaired) electrons. The van der Waals surface area contributed by atoms with Gasteiger partial charge in [0.25, 0.3) is 0 Å². The number of carbonyl (C=O) groups is 3. The molecule has 0 aromatic heterocycles. The van der Waals surface area contributed by atoms with E-state index in [1.165, 1.54) is 4.90 Å². The maximum absolute atomic E-state index is 12.2. The summed E-state index contributed by atoms with van der Waals surface area (Å²) >= 11 is 12.2. The van der Waals surface area contributed by atoms with Gasteiger partial charge in [-0.15, -0.1) is 0 Å². The highest BCUT2D eigenvalue weighted by atomic mass is 35.5. The number of urea groups is 1. The van der Waals surface area contributed by atoms with Crippen molar-refractivity contribution < 1.29 is 14.4 Å². The molecule has 2 fully saturated rings. The Kier molecular flexibility index (Phi) is 4.46. The minimum atomic E-state index is -0.380. The van der Waals surface area contributed by atoms with Crippen LogP contribution in [0.5, 0.6) is 0 Å². The molecule has 1 aromatic carbocycles. The summed E-state index contributed by atoms with van der Waals surface area (Å²) in [5, 5.41) is 3.57. The second kappa shape index (κ2) is 6.37. The molecule has 2 aliphatic heterocycles. The van der Waals surface area contributed by atoms with Gasteiger partial charge in [0.1, 0.15) is 0 Å². The first-order valence-corrected chi connectivity index (χ1v) is 8.03. The Hall–Kier alpha value is -1.79. The summed E-state index contributed by atoms with van der Waals surface area (Å²) in [6, 6.07) is 4.64. The lowest BCUT2D eigenvalue weighted by molar-refractivity contribution is -0.142. The number of halogens is 2. The monoisotopic (exact) mass is 355 g/mol. The number of imide groups is 1. The minimum Gasteiger partial charge on any atom is -0.338 e. The lowest BCUT2D eigenvalue weighted by Crippen LogP contribution is -2.62. The van der Waals surface area contributed by atoms with Crippen LogP contribution < -0.4 is 5.32 Å². The molecule has 122 valence electrons. The van der Waals surface area contributed by atoms with Gasteiger partial charge in [0.2, 0.25) is 11.8 Å². The van der Waals surface area contributed by atoms with Crippen molar-refractivity contribution in [1.82, 2.24) is 15.1 Å². The minimum absolute atomic E-state index is 0.0360. The predicted molar refractivity (Wildman–Crippen MR) is 85.4 cm³/mol. The van der Waals surface area contributed by atoms with Crippen molar-refractivity contribution in [2.45, 2.75) is 18.9 Å². The molecule has 1 N–H and O–H groups in total. The van der Waals surface area contributed by atoms with Crippen LogP contribution in [0.1, 0.15) is 12.0 Å². The molecule has 4 amide bonds. The molecule has 1 aromatic rings. The number of hydrogen-bond donors (Lipinski definition) is 1. The van der Waals surface area contributed by atoms with E-state index in [1.807, 2.05) is 0 Å². The van der Waals surface area contributed by atoms with Gasteiger partial charge in [-0.1, -0.05) is 29.3 Å². The van der Waals surface area contributed by atoms with Gasteiger partial charge < -0.3 is 10.2 Å².